The van der Waals surface area contributed by atoms with Crippen LogP contribution in [-0.4, -0.2) is 43.0 Å². The van der Waals surface area contributed by atoms with Crippen LogP contribution in [0.4, 0.5) is 0 Å². The van der Waals surface area contributed by atoms with Crippen molar-refractivity contribution in [2.75, 3.05) is 13.2 Å². The lowest BCUT2D eigenvalue weighted by Crippen LogP contribution is -2.33. The molecule has 0 fully saturated rings. The van der Waals surface area contributed by atoms with Gasteiger partial charge in [0, 0.05) is 13.1 Å². The van der Waals surface area contributed by atoms with E-state index in [-0.39, 0.29) is 0 Å². The Morgan fingerprint density at radius 2 is 2.11 bits per heavy atom. The molecule has 1 aliphatic rings. The number of hydrogen-bond acceptors (Lipinski definition) is 7. The predicted molar refractivity (Wildman–Crippen MR) is 70.0 cm³/mol. The van der Waals surface area contributed by atoms with Gasteiger partial charge in [0.25, 0.3) is 5.19 Å². The molecule has 0 radical (unpaired) electrons. The van der Waals surface area contributed by atoms with E-state index in [1.54, 1.807) is 0 Å². The highest BCUT2D eigenvalue weighted by molar-refractivity contribution is 7.13. The fourth-order valence-electron chi connectivity index (χ4n) is 2.16. The van der Waals surface area contributed by atoms with Gasteiger partial charge in [-0.15, -0.1) is 20.4 Å². The second-order valence-electron chi connectivity index (χ2n) is 4.42. The van der Waals surface area contributed by atoms with Crippen molar-refractivity contribution in [3.63, 3.8) is 0 Å². The second-order valence-corrected chi connectivity index (χ2v) is 5.45. The molecule has 0 saturated carbocycles. The average Bonchev–Trinajstić information content (AvgIpc) is 2.98. The molecule has 7 nitrogen and oxygen atoms in total. The highest BCUT2D eigenvalue weighted by atomic mass is 32.1. The van der Waals surface area contributed by atoms with Crippen molar-refractivity contribution in [2.24, 2.45) is 0 Å². The number of hydrogen-bond donors (Lipinski definition) is 0. The van der Waals surface area contributed by atoms with Crippen LogP contribution in [0.5, 0.6) is 5.19 Å². The summed E-state index contributed by atoms with van der Waals surface area (Å²) in [6, 6.07) is 0. The van der Waals surface area contributed by atoms with Crippen LogP contribution >= 0.6 is 11.3 Å². The fraction of sp³-hybridized carbons (Fsp3) is 0.636. The molecule has 1 aliphatic heterocycles. The third-order valence-corrected chi connectivity index (χ3v) is 3.91. The Labute approximate surface area is 115 Å². The summed E-state index contributed by atoms with van der Waals surface area (Å²) in [5.41, 5.74) is 0. The van der Waals surface area contributed by atoms with Gasteiger partial charge in [-0.3, -0.25) is 4.90 Å². The SMILES string of the molecule is CCOc1nnc(CN2CCn3c(C)nnc3C2)s1. The van der Waals surface area contributed by atoms with Crippen LogP contribution in [0.15, 0.2) is 0 Å². The standard InChI is InChI=1S/C11H16N6OS/c1-3-18-11-15-14-10(19-11)7-16-4-5-17-8(2)12-13-9(17)6-16/h3-7H2,1-2H3. The van der Waals surface area contributed by atoms with Crippen LogP contribution in [0, 0.1) is 6.92 Å². The highest BCUT2D eigenvalue weighted by Crippen LogP contribution is 2.21. The van der Waals surface area contributed by atoms with E-state index in [0.717, 1.165) is 42.8 Å². The van der Waals surface area contributed by atoms with Crippen LogP contribution in [0.1, 0.15) is 23.6 Å². The Morgan fingerprint density at radius 3 is 2.95 bits per heavy atom. The summed E-state index contributed by atoms with van der Waals surface area (Å²) in [4.78, 5) is 2.31. The van der Waals surface area contributed by atoms with E-state index in [4.69, 9.17) is 4.74 Å². The Hall–Kier alpha value is -1.54. The molecule has 0 N–H and O–H groups in total. The molecule has 8 heteroatoms. The van der Waals surface area contributed by atoms with Crippen molar-refractivity contribution < 1.29 is 4.74 Å². The van der Waals surface area contributed by atoms with Crippen LogP contribution in [-0.2, 0) is 19.6 Å². The molecule has 0 amide bonds. The minimum absolute atomic E-state index is 0.626. The number of ether oxygens (including phenoxy) is 1. The summed E-state index contributed by atoms with van der Waals surface area (Å²) in [6.07, 6.45) is 0. The summed E-state index contributed by atoms with van der Waals surface area (Å²) in [5, 5.41) is 18.1. The molecule has 0 aliphatic carbocycles. The maximum absolute atomic E-state index is 5.34. The molecular weight excluding hydrogens is 264 g/mol. The molecule has 0 bridgehead atoms. The first kappa shape index (κ1) is 12.5. The summed E-state index contributed by atoms with van der Waals surface area (Å²) in [6.45, 7) is 8.08. The zero-order valence-corrected chi connectivity index (χ0v) is 11.9. The molecular formula is C11H16N6OS. The molecule has 3 heterocycles. The van der Waals surface area contributed by atoms with Gasteiger partial charge in [0.2, 0.25) is 0 Å². The smallest absolute Gasteiger partial charge is 0.294 e. The van der Waals surface area contributed by atoms with Gasteiger partial charge < -0.3 is 9.30 Å². The molecule has 2 aromatic heterocycles. The third-order valence-electron chi connectivity index (χ3n) is 3.09. The van der Waals surface area contributed by atoms with Crippen molar-refractivity contribution in [3.8, 4) is 5.19 Å². The minimum atomic E-state index is 0.626. The van der Waals surface area contributed by atoms with Gasteiger partial charge in [-0.05, 0) is 13.8 Å². The van der Waals surface area contributed by atoms with Gasteiger partial charge >= 0.3 is 0 Å². The number of rotatable bonds is 4. The molecule has 3 rings (SSSR count). The Morgan fingerprint density at radius 1 is 1.21 bits per heavy atom. The number of nitrogens with zero attached hydrogens (tertiary/aromatic N) is 6. The zero-order valence-electron chi connectivity index (χ0n) is 11.0. The van der Waals surface area contributed by atoms with Crippen molar-refractivity contribution in [1.29, 1.82) is 0 Å². The average molecular weight is 280 g/mol. The monoisotopic (exact) mass is 280 g/mol. The van der Waals surface area contributed by atoms with Gasteiger partial charge in [-0.2, -0.15) is 0 Å². The van der Waals surface area contributed by atoms with Crippen molar-refractivity contribution in [2.45, 2.75) is 33.5 Å². The van der Waals surface area contributed by atoms with E-state index in [0.29, 0.717) is 11.8 Å². The van der Waals surface area contributed by atoms with E-state index in [1.165, 1.54) is 11.3 Å². The number of aromatic nitrogens is 5. The number of fused-ring (bicyclic) bond motifs is 1. The normalized spacial score (nSPS) is 15.5. The van der Waals surface area contributed by atoms with Gasteiger partial charge in [-0.25, -0.2) is 0 Å². The lowest BCUT2D eigenvalue weighted by atomic mass is 10.3. The van der Waals surface area contributed by atoms with Crippen LogP contribution in [0.25, 0.3) is 0 Å². The Kier molecular flexibility index (Phi) is 3.43. The molecule has 0 aromatic carbocycles. The van der Waals surface area contributed by atoms with Crippen LogP contribution in [0.3, 0.4) is 0 Å². The van der Waals surface area contributed by atoms with E-state index < -0.39 is 0 Å². The lowest BCUT2D eigenvalue weighted by Gasteiger charge is -2.26. The van der Waals surface area contributed by atoms with Crippen molar-refractivity contribution >= 4 is 11.3 Å². The first-order chi connectivity index (χ1) is 9.26. The van der Waals surface area contributed by atoms with Gasteiger partial charge in [0.15, 0.2) is 0 Å². The summed E-state index contributed by atoms with van der Waals surface area (Å²) < 4.78 is 7.50. The van der Waals surface area contributed by atoms with Gasteiger partial charge in [0.05, 0.1) is 19.7 Å². The van der Waals surface area contributed by atoms with Crippen molar-refractivity contribution in [3.05, 3.63) is 16.7 Å². The first-order valence-corrected chi connectivity index (χ1v) is 7.14. The highest BCUT2D eigenvalue weighted by Gasteiger charge is 2.20. The first-order valence-electron chi connectivity index (χ1n) is 6.32. The van der Waals surface area contributed by atoms with Crippen molar-refractivity contribution in [1.82, 2.24) is 29.9 Å². The largest absolute Gasteiger partial charge is 0.469 e. The van der Waals surface area contributed by atoms with Crippen LogP contribution in [0.2, 0.25) is 0 Å². The molecule has 102 valence electrons. The van der Waals surface area contributed by atoms with E-state index in [9.17, 15) is 0 Å². The third kappa shape index (κ3) is 2.59. The molecule has 0 atom stereocenters. The quantitative estimate of drug-likeness (QED) is 0.827. The second kappa shape index (κ2) is 5.22. The van der Waals surface area contributed by atoms with E-state index in [1.807, 2.05) is 13.8 Å². The summed E-state index contributed by atoms with van der Waals surface area (Å²) in [5.74, 6) is 2.02. The minimum Gasteiger partial charge on any atom is -0.469 e. The fourth-order valence-corrected chi connectivity index (χ4v) is 2.95. The Bertz CT molecular complexity index is 565. The molecule has 0 saturated heterocycles. The summed E-state index contributed by atoms with van der Waals surface area (Å²) >= 11 is 1.51. The van der Waals surface area contributed by atoms with E-state index >= 15 is 0 Å². The molecule has 0 spiro atoms. The van der Waals surface area contributed by atoms with Gasteiger partial charge in [0.1, 0.15) is 16.7 Å². The summed E-state index contributed by atoms with van der Waals surface area (Å²) in [7, 11) is 0. The van der Waals surface area contributed by atoms with E-state index in [2.05, 4.69) is 29.9 Å². The molecule has 2 aromatic rings. The number of aryl methyl sites for hydroxylation is 1. The maximum atomic E-state index is 5.34. The predicted octanol–water partition coefficient (Wildman–Crippen LogP) is 0.853. The van der Waals surface area contributed by atoms with Gasteiger partial charge in [-0.1, -0.05) is 11.3 Å². The molecule has 19 heavy (non-hydrogen) atoms. The maximum Gasteiger partial charge on any atom is 0.294 e. The lowest BCUT2D eigenvalue weighted by molar-refractivity contribution is 0.207. The van der Waals surface area contributed by atoms with Crippen LogP contribution < -0.4 is 4.74 Å². The molecule has 0 unspecified atom stereocenters. The Balaban J connectivity index is 1.65. The topological polar surface area (TPSA) is 69.0 Å². The zero-order chi connectivity index (χ0) is 13.2.